The number of carbonyl (C=O) groups is 1. The van der Waals surface area contributed by atoms with Gasteiger partial charge in [-0.15, -0.1) is 0 Å². The van der Waals surface area contributed by atoms with E-state index in [1.165, 1.54) is 31.4 Å². The van der Waals surface area contributed by atoms with Crippen molar-refractivity contribution in [2.24, 2.45) is 0 Å². The molecule has 0 bridgehead atoms. The van der Waals surface area contributed by atoms with Gasteiger partial charge in [-0.05, 0) is 44.1 Å². The average molecular weight is 277 g/mol. The minimum atomic E-state index is -0.336. The molecule has 0 spiro atoms. The van der Waals surface area contributed by atoms with Crippen molar-refractivity contribution in [1.82, 2.24) is 9.80 Å². The van der Waals surface area contributed by atoms with E-state index in [2.05, 4.69) is 10.2 Å². The van der Waals surface area contributed by atoms with Crippen molar-refractivity contribution < 1.29 is 9.18 Å². The van der Waals surface area contributed by atoms with Crippen LogP contribution in [0.3, 0.4) is 0 Å². The molecule has 108 valence electrons. The second kappa shape index (κ2) is 5.79. The highest BCUT2D eigenvalue weighted by molar-refractivity contribution is 5.89. The molecular formula is C15H20FN3O. The summed E-state index contributed by atoms with van der Waals surface area (Å²) >= 11 is 0. The number of piperidine rings is 1. The zero-order chi connectivity index (χ0) is 13.9. The van der Waals surface area contributed by atoms with Crippen LogP contribution in [-0.2, 0) is 0 Å². The van der Waals surface area contributed by atoms with Gasteiger partial charge >= 0.3 is 6.03 Å². The van der Waals surface area contributed by atoms with Crippen LogP contribution in [-0.4, -0.2) is 48.1 Å². The van der Waals surface area contributed by atoms with E-state index in [1.807, 2.05) is 0 Å². The monoisotopic (exact) mass is 277 g/mol. The van der Waals surface area contributed by atoms with Gasteiger partial charge in [-0.25, -0.2) is 9.18 Å². The highest BCUT2D eigenvalue weighted by Gasteiger charge is 2.35. The number of rotatable bonds is 2. The molecule has 0 aromatic heterocycles. The maximum Gasteiger partial charge on any atom is 0.321 e. The molecule has 3 rings (SSSR count). The van der Waals surface area contributed by atoms with E-state index < -0.39 is 0 Å². The van der Waals surface area contributed by atoms with Crippen LogP contribution in [0.25, 0.3) is 0 Å². The number of anilines is 1. The molecule has 0 atom stereocenters. The Bertz CT molecular complexity index is 482. The Morgan fingerprint density at radius 1 is 1.20 bits per heavy atom. The molecule has 4 nitrogen and oxygen atoms in total. The van der Waals surface area contributed by atoms with Gasteiger partial charge in [0.25, 0.3) is 0 Å². The smallest absolute Gasteiger partial charge is 0.321 e. The van der Waals surface area contributed by atoms with Gasteiger partial charge in [-0.3, -0.25) is 4.90 Å². The average Bonchev–Trinajstić information content (AvgIpc) is 2.38. The Morgan fingerprint density at radius 3 is 2.65 bits per heavy atom. The van der Waals surface area contributed by atoms with Gasteiger partial charge in [0.15, 0.2) is 0 Å². The summed E-state index contributed by atoms with van der Waals surface area (Å²) in [6.07, 6.45) is 3.87. The Hall–Kier alpha value is -1.62. The fourth-order valence-corrected chi connectivity index (χ4v) is 2.90. The highest BCUT2D eigenvalue weighted by Crippen LogP contribution is 2.21. The lowest BCUT2D eigenvalue weighted by Gasteiger charge is -2.46. The van der Waals surface area contributed by atoms with E-state index in [4.69, 9.17) is 0 Å². The first-order valence-corrected chi connectivity index (χ1v) is 7.28. The number of carbonyl (C=O) groups excluding carboxylic acids is 1. The zero-order valence-electron chi connectivity index (χ0n) is 11.5. The number of urea groups is 1. The predicted octanol–water partition coefficient (Wildman–Crippen LogP) is 2.53. The number of amides is 2. The number of halogens is 1. The molecule has 2 saturated heterocycles. The molecule has 5 heteroatoms. The topological polar surface area (TPSA) is 35.6 Å². The molecule has 1 aromatic carbocycles. The van der Waals surface area contributed by atoms with Crippen LogP contribution in [0.4, 0.5) is 14.9 Å². The first kappa shape index (κ1) is 13.4. The van der Waals surface area contributed by atoms with Crippen LogP contribution in [0.1, 0.15) is 19.3 Å². The first-order chi connectivity index (χ1) is 9.72. The summed E-state index contributed by atoms with van der Waals surface area (Å²) in [5.74, 6) is -0.336. The van der Waals surface area contributed by atoms with Crippen LogP contribution in [0.15, 0.2) is 24.3 Å². The van der Waals surface area contributed by atoms with E-state index in [9.17, 15) is 9.18 Å². The van der Waals surface area contributed by atoms with Crippen molar-refractivity contribution in [3.05, 3.63) is 30.1 Å². The Labute approximate surface area is 118 Å². The molecule has 2 amide bonds. The van der Waals surface area contributed by atoms with Crippen LogP contribution in [0.2, 0.25) is 0 Å². The molecule has 1 aromatic rings. The quantitative estimate of drug-likeness (QED) is 0.901. The molecule has 2 fully saturated rings. The van der Waals surface area contributed by atoms with Crippen molar-refractivity contribution in [2.45, 2.75) is 25.3 Å². The number of likely N-dealkylation sites (tertiary alicyclic amines) is 2. The van der Waals surface area contributed by atoms with Gasteiger partial charge < -0.3 is 10.2 Å². The summed E-state index contributed by atoms with van der Waals surface area (Å²) in [5.41, 5.74) is 0.511. The zero-order valence-corrected chi connectivity index (χ0v) is 11.5. The van der Waals surface area contributed by atoms with Crippen molar-refractivity contribution in [2.75, 3.05) is 31.5 Å². The lowest BCUT2D eigenvalue weighted by Crippen LogP contribution is -2.62. The molecule has 0 aliphatic carbocycles. The SMILES string of the molecule is O=C(Nc1cccc(F)c1)N1CC(N2CCCCC2)C1. The molecule has 0 saturated carbocycles. The van der Waals surface area contributed by atoms with E-state index in [0.717, 1.165) is 26.2 Å². The summed E-state index contributed by atoms with van der Waals surface area (Å²) < 4.78 is 13.0. The van der Waals surface area contributed by atoms with Crippen LogP contribution in [0, 0.1) is 5.82 Å². The van der Waals surface area contributed by atoms with Gasteiger partial charge in [-0.1, -0.05) is 12.5 Å². The van der Waals surface area contributed by atoms with Crippen LogP contribution >= 0.6 is 0 Å². The normalized spacial score (nSPS) is 20.6. The van der Waals surface area contributed by atoms with E-state index in [1.54, 1.807) is 17.0 Å². The summed E-state index contributed by atoms with van der Waals surface area (Å²) in [6.45, 7) is 3.87. The van der Waals surface area contributed by atoms with Crippen molar-refractivity contribution in [1.29, 1.82) is 0 Å². The third kappa shape index (κ3) is 2.93. The van der Waals surface area contributed by atoms with Crippen LogP contribution in [0.5, 0.6) is 0 Å². The molecule has 2 aliphatic rings. The van der Waals surface area contributed by atoms with Gasteiger partial charge in [0.1, 0.15) is 5.82 Å². The fraction of sp³-hybridized carbons (Fsp3) is 0.533. The fourth-order valence-electron chi connectivity index (χ4n) is 2.90. The maximum atomic E-state index is 13.0. The second-order valence-electron chi connectivity index (χ2n) is 5.60. The molecular weight excluding hydrogens is 257 g/mol. The lowest BCUT2D eigenvalue weighted by atomic mass is 10.0. The highest BCUT2D eigenvalue weighted by atomic mass is 19.1. The van der Waals surface area contributed by atoms with Crippen LogP contribution < -0.4 is 5.32 Å². The summed E-state index contributed by atoms with van der Waals surface area (Å²) in [7, 11) is 0. The van der Waals surface area contributed by atoms with Crippen molar-refractivity contribution >= 4 is 11.7 Å². The van der Waals surface area contributed by atoms with Crippen molar-refractivity contribution in [3.8, 4) is 0 Å². The number of nitrogens with zero attached hydrogens (tertiary/aromatic N) is 2. The largest absolute Gasteiger partial charge is 0.321 e. The summed E-state index contributed by atoms with van der Waals surface area (Å²) in [5, 5.41) is 2.74. The molecule has 0 unspecified atom stereocenters. The standard InChI is InChI=1S/C15H20FN3O/c16-12-5-4-6-13(9-12)17-15(20)19-10-14(11-19)18-7-2-1-3-8-18/h4-6,9,14H,1-3,7-8,10-11H2,(H,17,20). The molecule has 20 heavy (non-hydrogen) atoms. The lowest BCUT2D eigenvalue weighted by molar-refractivity contribution is 0.0493. The number of benzene rings is 1. The summed E-state index contributed by atoms with van der Waals surface area (Å²) in [4.78, 5) is 16.3. The second-order valence-corrected chi connectivity index (χ2v) is 5.60. The van der Waals surface area contributed by atoms with E-state index in [0.29, 0.717) is 11.7 Å². The molecule has 1 N–H and O–H groups in total. The third-order valence-electron chi connectivity index (χ3n) is 4.13. The maximum absolute atomic E-state index is 13.0. The minimum absolute atomic E-state index is 0.135. The Kier molecular flexibility index (Phi) is 3.87. The van der Waals surface area contributed by atoms with E-state index >= 15 is 0 Å². The van der Waals surface area contributed by atoms with Crippen molar-refractivity contribution in [3.63, 3.8) is 0 Å². The minimum Gasteiger partial charge on any atom is -0.321 e. The van der Waals surface area contributed by atoms with Gasteiger partial charge in [0.2, 0.25) is 0 Å². The molecule has 2 heterocycles. The van der Waals surface area contributed by atoms with Gasteiger partial charge in [0, 0.05) is 24.8 Å². The molecule has 2 aliphatic heterocycles. The first-order valence-electron chi connectivity index (χ1n) is 7.28. The number of hydrogen-bond donors (Lipinski definition) is 1. The number of hydrogen-bond acceptors (Lipinski definition) is 2. The van der Waals surface area contributed by atoms with Gasteiger partial charge in [0.05, 0.1) is 0 Å². The Balaban J connectivity index is 1.48. The number of nitrogens with one attached hydrogen (secondary N) is 1. The Morgan fingerprint density at radius 2 is 1.95 bits per heavy atom. The molecule has 0 radical (unpaired) electrons. The third-order valence-corrected chi connectivity index (χ3v) is 4.13. The summed E-state index contributed by atoms with van der Waals surface area (Å²) in [6, 6.07) is 6.36. The van der Waals surface area contributed by atoms with E-state index in [-0.39, 0.29) is 11.8 Å². The predicted molar refractivity (Wildman–Crippen MR) is 76.2 cm³/mol. The van der Waals surface area contributed by atoms with Gasteiger partial charge in [-0.2, -0.15) is 0 Å².